The minimum absolute atomic E-state index is 0.222. The molecule has 0 saturated carbocycles. The minimum Gasteiger partial charge on any atom is -0.457 e. The summed E-state index contributed by atoms with van der Waals surface area (Å²) in [6.45, 7) is 1.79. The van der Waals surface area contributed by atoms with E-state index in [2.05, 4.69) is 4.90 Å². The van der Waals surface area contributed by atoms with Crippen molar-refractivity contribution >= 4 is 21.6 Å². The first-order chi connectivity index (χ1) is 14.4. The van der Waals surface area contributed by atoms with E-state index >= 15 is 0 Å². The van der Waals surface area contributed by atoms with Gasteiger partial charge in [-0.2, -0.15) is 4.31 Å². The summed E-state index contributed by atoms with van der Waals surface area (Å²) in [4.78, 5) is 2.42. The third kappa shape index (κ3) is 4.52. The molecule has 0 N–H and O–H groups in total. The van der Waals surface area contributed by atoms with Crippen LogP contribution in [0, 0.1) is 0 Å². The number of sulfonamides is 1. The van der Waals surface area contributed by atoms with Gasteiger partial charge in [0.1, 0.15) is 11.5 Å². The minimum atomic E-state index is -3.64. The average molecular weight is 443 g/mol. The van der Waals surface area contributed by atoms with Crippen LogP contribution < -0.4 is 4.74 Å². The van der Waals surface area contributed by atoms with Gasteiger partial charge >= 0.3 is 0 Å². The van der Waals surface area contributed by atoms with Crippen molar-refractivity contribution in [3.05, 3.63) is 89.4 Å². The van der Waals surface area contributed by atoms with Crippen molar-refractivity contribution < 1.29 is 13.2 Å². The molecule has 0 aliphatic carbocycles. The van der Waals surface area contributed by atoms with E-state index in [4.69, 9.17) is 16.3 Å². The molecule has 5 nitrogen and oxygen atoms in total. The van der Waals surface area contributed by atoms with Gasteiger partial charge in [0.2, 0.25) is 10.0 Å². The number of hydrogen-bond acceptors (Lipinski definition) is 4. The standard InChI is InChI=1S/C23H23ClN2O3S/c1-25-15-16-26(23(17-25)18-5-3-2-4-6-18)30(27,28)22-13-11-21(12-14-22)29-20-9-7-19(24)8-10-20/h2-14,23H,15-17H2,1H3. The fourth-order valence-corrected chi connectivity index (χ4v) is 5.31. The summed E-state index contributed by atoms with van der Waals surface area (Å²) in [6, 6.07) is 23.1. The topological polar surface area (TPSA) is 49.9 Å². The van der Waals surface area contributed by atoms with Gasteiger partial charge in [-0.05, 0) is 61.1 Å². The van der Waals surface area contributed by atoms with Gasteiger partial charge in [-0.3, -0.25) is 0 Å². The maximum Gasteiger partial charge on any atom is 0.243 e. The molecule has 1 fully saturated rings. The van der Waals surface area contributed by atoms with Crippen molar-refractivity contribution in [1.29, 1.82) is 0 Å². The summed E-state index contributed by atoms with van der Waals surface area (Å²) in [5.74, 6) is 1.20. The number of benzene rings is 3. The molecule has 1 aliphatic rings. The van der Waals surface area contributed by atoms with Gasteiger partial charge in [-0.1, -0.05) is 41.9 Å². The third-order valence-corrected chi connectivity index (χ3v) is 7.37. The van der Waals surface area contributed by atoms with E-state index in [1.165, 1.54) is 0 Å². The Bertz CT molecular complexity index is 1090. The van der Waals surface area contributed by atoms with Gasteiger partial charge in [0.15, 0.2) is 0 Å². The van der Waals surface area contributed by atoms with Crippen molar-refractivity contribution in [2.45, 2.75) is 10.9 Å². The first-order valence-corrected chi connectivity index (χ1v) is 11.5. The van der Waals surface area contributed by atoms with Gasteiger partial charge in [-0.15, -0.1) is 0 Å². The Morgan fingerprint density at radius 3 is 2.10 bits per heavy atom. The highest BCUT2D eigenvalue weighted by Crippen LogP contribution is 2.32. The molecule has 1 atom stereocenters. The molecule has 0 spiro atoms. The predicted molar refractivity (Wildman–Crippen MR) is 119 cm³/mol. The number of halogens is 1. The Morgan fingerprint density at radius 2 is 1.47 bits per heavy atom. The third-order valence-electron chi connectivity index (χ3n) is 5.20. The number of hydrogen-bond donors (Lipinski definition) is 0. The van der Waals surface area contributed by atoms with Crippen LogP contribution >= 0.6 is 11.6 Å². The molecule has 1 aliphatic heterocycles. The van der Waals surface area contributed by atoms with Crippen LogP contribution in [0.4, 0.5) is 0 Å². The van der Waals surface area contributed by atoms with Crippen LogP contribution in [0.5, 0.6) is 11.5 Å². The molecule has 4 rings (SSSR count). The lowest BCUT2D eigenvalue weighted by Crippen LogP contribution is -2.49. The Kier molecular flexibility index (Phi) is 6.11. The summed E-state index contributed by atoms with van der Waals surface area (Å²) in [5, 5.41) is 0.629. The summed E-state index contributed by atoms with van der Waals surface area (Å²) in [6.07, 6.45) is 0. The van der Waals surface area contributed by atoms with Crippen molar-refractivity contribution in [2.75, 3.05) is 26.7 Å². The summed E-state index contributed by atoms with van der Waals surface area (Å²) in [7, 11) is -1.63. The molecule has 0 aromatic heterocycles. The van der Waals surface area contributed by atoms with Crippen molar-refractivity contribution in [3.63, 3.8) is 0 Å². The SMILES string of the molecule is CN1CCN(S(=O)(=O)c2ccc(Oc3ccc(Cl)cc3)cc2)C(c2ccccc2)C1. The maximum absolute atomic E-state index is 13.4. The van der Waals surface area contributed by atoms with Crippen LogP contribution in [0.15, 0.2) is 83.8 Å². The average Bonchev–Trinajstić information content (AvgIpc) is 2.76. The Balaban J connectivity index is 1.58. The zero-order chi connectivity index (χ0) is 21.1. The van der Waals surface area contributed by atoms with Gasteiger partial charge in [0.25, 0.3) is 0 Å². The van der Waals surface area contributed by atoms with Crippen LogP contribution in [0.3, 0.4) is 0 Å². The largest absolute Gasteiger partial charge is 0.457 e. The molecule has 3 aromatic carbocycles. The second kappa shape index (κ2) is 8.78. The first kappa shape index (κ1) is 20.9. The van der Waals surface area contributed by atoms with Crippen LogP contribution in [0.25, 0.3) is 0 Å². The van der Waals surface area contributed by atoms with Crippen molar-refractivity contribution in [2.24, 2.45) is 0 Å². The first-order valence-electron chi connectivity index (χ1n) is 9.72. The highest BCUT2D eigenvalue weighted by atomic mass is 35.5. The number of nitrogens with zero attached hydrogens (tertiary/aromatic N) is 2. The summed E-state index contributed by atoms with van der Waals surface area (Å²) < 4.78 is 34.3. The molecule has 0 radical (unpaired) electrons. The second-order valence-electron chi connectivity index (χ2n) is 7.33. The number of rotatable bonds is 5. The molecule has 3 aromatic rings. The Labute approximate surface area is 182 Å². The van der Waals surface area contributed by atoms with Gasteiger partial charge < -0.3 is 9.64 Å². The van der Waals surface area contributed by atoms with E-state index < -0.39 is 10.0 Å². The molecule has 1 unspecified atom stereocenters. The van der Waals surface area contributed by atoms with Crippen molar-refractivity contribution in [3.8, 4) is 11.5 Å². The normalized spacial score (nSPS) is 18.3. The lowest BCUT2D eigenvalue weighted by atomic mass is 10.1. The smallest absolute Gasteiger partial charge is 0.243 e. The van der Waals surface area contributed by atoms with E-state index in [1.807, 2.05) is 37.4 Å². The van der Waals surface area contributed by atoms with Gasteiger partial charge in [-0.25, -0.2) is 8.42 Å². The molecule has 1 heterocycles. The quantitative estimate of drug-likeness (QED) is 0.569. The molecular formula is C23H23ClN2O3S. The highest BCUT2D eigenvalue weighted by molar-refractivity contribution is 7.89. The number of likely N-dealkylation sites (N-methyl/N-ethyl adjacent to an activating group) is 1. The van der Waals surface area contributed by atoms with E-state index in [-0.39, 0.29) is 10.9 Å². The Morgan fingerprint density at radius 1 is 0.867 bits per heavy atom. The molecule has 156 valence electrons. The molecule has 0 amide bonds. The van der Waals surface area contributed by atoms with E-state index in [0.717, 1.165) is 5.56 Å². The van der Waals surface area contributed by atoms with Crippen LogP contribution in [0.1, 0.15) is 11.6 Å². The van der Waals surface area contributed by atoms with Crippen LogP contribution in [-0.4, -0.2) is 44.3 Å². The lowest BCUT2D eigenvalue weighted by Gasteiger charge is -2.39. The lowest BCUT2D eigenvalue weighted by molar-refractivity contribution is 0.160. The fraction of sp³-hybridized carbons (Fsp3) is 0.217. The van der Waals surface area contributed by atoms with Crippen LogP contribution in [-0.2, 0) is 10.0 Å². The Hall–Kier alpha value is -2.38. The monoisotopic (exact) mass is 442 g/mol. The summed E-state index contributed by atoms with van der Waals surface area (Å²) >= 11 is 5.89. The molecule has 30 heavy (non-hydrogen) atoms. The second-order valence-corrected chi connectivity index (χ2v) is 9.66. The molecule has 1 saturated heterocycles. The fourth-order valence-electron chi connectivity index (χ4n) is 3.59. The maximum atomic E-state index is 13.4. The van der Waals surface area contributed by atoms with Crippen molar-refractivity contribution in [1.82, 2.24) is 9.21 Å². The van der Waals surface area contributed by atoms with E-state index in [1.54, 1.807) is 52.8 Å². The number of ether oxygens (including phenoxy) is 1. The summed E-state index contributed by atoms with van der Waals surface area (Å²) in [5.41, 5.74) is 0.996. The van der Waals surface area contributed by atoms with Crippen LogP contribution in [0.2, 0.25) is 5.02 Å². The number of piperazine rings is 1. The van der Waals surface area contributed by atoms with E-state index in [0.29, 0.717) is 36.2 Å². The molecule has 0 bridgehead atoms. The van der Waals surface area contributed by atoms with Gasteiger partial charge in [0, 0.05) is 24.7 Å². The molecular weight excluding hydrogens is 420 g/mol. The highest BCUT2D eigenvalue weighted by Gasteiger charge is 2.36. The predicted octanol–water partition coefficient (Wildman–Crippen LogP) is 4.81. The zero-order valence-electron chi connectivity index (χ0n) is 16.6. The zero-order valence-corrected chi connectivity index (χ0v) is 18.2. The van der Waals surface area contributed by atoms with E-state index in [9.17, 15) is 8.42 Å². The van der Waals surface area contributed by atoms with Gasteiger partial charge in [0.05, 0.1) is 10.9 Å². The molecule has 7 heteroatoms.